The van der Waals surface area contributed by atoms with Crippen molar-refractivity contribution >= 4 is 77.9 Å². The van der Waals surface area contributed by atoms with E-state index in [4.69, 9.17) is 25.1 Å². The number of hydrogen-bond donors (Lipinski definition) is 11. The third-order valence-corrected chi connectivity index (χ3v) is 14.1. The van der Waals surface area contributed by atoms with Crippen molar-refractivity contribution in [2.45, 2.75) is 68.7 Å². The molecule has 416 valence electrons. The number of rotatable bonds is 20. The molecule has 0 unspecified atom stereocenters. The highest BCUT2D eigenvalue weighted by Gasteiger charge is 2.46. The molecule has 36 nitrogen and oxygen atoms in total. The minimum Gasteiger partial charge on any atom is -0.467 e. The number of fused-ring (bicyclic) bond motifs is 2. The van der Waals surface area contributed by atoms with E-state index >= 15 is 0 Å². The number of aromatic amines is 2. The SMILES string of the molecule is Nc1nc(-c2ccc(-c3nn[nH]n3)c(C(=O)CCC(=O)NS(=O)(=O)N/C=C3/O[C@@H](n4cnc5c(N)ncnc54)[C@H](O)[C@@H]3O)c2)nc2c1ncn2[C@@H]1O[C@H](COS(=O)(=O)NC(=O)CCC(=O)c2ccccc2-c2nn[nH]n2)[C@@H](O)[C@H]1O. The van der Waals surface area contributed by atoms with Gasteiger partial charge in [-0.05, 0) is 22.6 Å². The van der Waals surface area contributed by atoms with E-state index in [0.717, 1.165) is 12.7 Å². The number of H-pyrrole nitrogens is 2. The molecule has 80 heavy (non-hydrogen) atoms. The first-order valence-electron chi connectivity index (χ1n) is 23.2. The van der Waals surface area contributed by atoms with E-state index in [2.05, 4.69) is 71.2 Å². The number of benzene rings is 2. The number of nitrogens with one attached hydrogen (secondary N) is 5. The maximum atomic E-state index is 13.9. The zero-order valence-corrected chi connectivity index (χ0v) is 42.1. The van der Waals surface area contributed by atoms with Crippen LogP contribution in [0.3, 0.4) is 0 Å². The first kappa shape index (κ1) is 53.9. The van der Waals surface area contributed by atoms with Crippen LogP contribution in [-0.4, -0.2) is 178 Å². The first-order valence-corrected chi connectivity index (χ1v) is 26.1. The summed E-state index contributed by atoms with van der Waals surface area (Å²) in [7, 11) is -9.57. The van der Waals surface area contributed by atoms with Crippen molar-refractivity contribution in [1.29, 1.82) is 0 Å². The molecule has 2 saturated heterocycles. The standard InChI is InChI=1S/C42H41N21O15S2/c43-34-28-39(46-14-45-34)62(15-47-28)41-32(70)30(68)24(77-41)12-49-79(72,73)56-26(66)9-8-23(65)21-11-17(5-6-20(21)38-54-60-61-55-38)36-50-35(44)29-40(51-36)63(16-48-29)42-33(71)31(69)25(78-42)13-76-80(74,75)57-27(67)10-7-22(64)18-3-1-2-4-19(18)37-52-58-59-53-37/h1-6,11-12,14-16,25,30-33,41-42,49,68-71H,7-10,13H2,(H,56,66)(H,57,67)(H2,43,45,46)(H2,44,50,51)(H,52,53,58,59)(H,54,55,60,61)/b24-12+/t25-,30-,31-,32-,33-,41-,42-/m1/s1. The molecular formula is C42H41N21O15S2. The summed E-state index contributed by atoms with van der Waals surface area (Å²) in [5, 5.41) is 70.6. The second kappa shape index (κ2) is 21.8. The average Bonchev–Trinajstić information content (AvgIpc) is 4.35. The van der Waals surface area contributed by atoms with Gasteiger partial charge in [-0.15, -0.1) is 20.4 Å². The summed E-state index contributed by atoms with van der Waals surface area (Å²) in [6.45, 7) is -0.910. The van der Waals surface area contributed by atoms with Crippen LogP contribution in [0.25, 0.3) is 56.5 Å². The molecule has 7 atom stereocenters. The number of Topliss-reactive ketones (excluding diaryl/α,β-unsaturated/α-hetero) is 2. The van der Waals surface area contributed by atoms with Gasteiger partial charge in [-0.2, -0.15) is 27.3 Å². The number of anilines is 2. The van der Waals surface area contributed by atoms with Crippen LogP contribution in [0.4, 0.5) is 11.6 Å². The molecule has 0 bridgehead atoms. The summed E-state index contributed by atoms with van der Waals surface area (Å²) in [6, 6.07) is 10.5. The Morgan fingerprint density at radius 2 is 1.34 bits per heavy atom. The highest BCUT2D eigenvalue weighted by atomic mass is 32.2. The fraction of sp³-hybridized carbons (Fsp3) is 0.286. The Hall–Kier alpha value is -9.44. The van der Waals surface area contributed by atoms with Crippen molar-refractivity contribution in [3.8, 4) is 34.2 Å². The number of ketones is 2. The van der Waals surface area contributed by atoms with Gasteiger partial charge in [0, 0.05) is 53.5 Å². The Balaban J connectivity index is 0.779. The van der Waals surface area contributed by atoms with Gasteiger partial charge in [0.05, 0.1) is 19.1 Å². The molecule has 8 aromatic rings. The lowest BCUT2D eigenvalue weighted by Crippen LogP contribution is -2.38. The number of aliphatic hydroxyl groups excluding tert-OH is 4. The van der Waals surface area contributed by atoms with Crippen LogP contribution in [0.1, 0.15) is 58.9 Å². The van der Waals surface area contributed by atoms with E-state index in [1.807, 2.05) is 4.72 Å². The molecule has 10 rings (SSSR count). The summed E-state index contributed by atoms with van der Waals surface area (Å²) in [6.07, 6.45) is -9.32. The molecule has 2 fully saturated rings. The van der Waals surface area contributed by atoms with E-state index in [9.17, 15) is 56.4 Å². The lowest BCUT2D eigenvalue weighted by atomic mass is 9.97. The topological polar surface area (TPSA) is 529 Å². The van der Waals surface area contributed by atoms with Gasteiger partial charge in [0.15, 0.2) is 46.5 Å². The molecule has 8 heterocycles. The van der Waals surface area contributed by atoms with E-state index in [1.54, 1.807) is 27.6 Å². The van der Waals surface area contributed by atoms with Crippen LogP contribution >= 0.6 is 0 Å². The molecule has 6 aromatic heterocycles. The minimum atomic E-state index is -4.86. The van der Waals surface area contributed by atoms with E-state index in [0.29, 0.717) is 11.8 Å². The number of nitrogens with zero attached hydrogens (tertiary/aromatic N) is 14. The molecule has 2 aliphatic heterocycles. The molecule has 0 aliphatic carbocycles. The number of hydrogen-bond acceptors (Lipinski definition) is 29. The summed E-state index contributed by atoms with van der Waals surface area (Å²) in [5.41, 5.74) is 13.0. The van der Waals surface area contributed by atoms with Gasteiger partial charge in [-0.3, -0.25) is 37.2 Å². The zero-order valence-electron chi connectivity index (χ0n) is 40.4. The predicted molar refractivity (Wildman–Crippen MR) is 264 cm³/mol. The number of carbonyl (C=O) groups excluding carboxylic acids is 4. The second-order valence-corrected chi connectivity index (χ2v) is 20.2. The summed E-state index contributed by atoms with van der Waals surface area (Å²) >= 11 is 0. The first-order chi connectivity index (χ1) is 38.3. The van der Waals surface area contributed by atoms with Crippen molar-refractivity contribution in [2.75, 3.05) is 18.1 Å². The number of carbonyl (C=O) groups is 4. The number of nitrogen functional groups attached to an aromatic ring is 2. The fourth-order valence-electron chi connectivity index (χ4n) is 8.40. The number of aliphatic hydroxyl groups is 4. The third kappa shape index (κ3) is 11.0. The van der Waals surface area contributed by atoms with Crippen LogP contribution in [0, 0.1) is 0 Å². The molecule has 2 aliphatic rings. The maximum absolute atomic E-state index is 13.9. The maximum Gasteiger partial charge on any atom is 0.362 e. The Morgan fingerprint density at radius 1 is 0.700 bits per heavy atom. The monoisotopic (exact) mass is 1140 g/mol. The zero-order chi connectivity index (χ0) is 56.6. The minimum absolute atomic E-state index is 0.00869. The number of aromatic nitrogens is 16. The number of nitrogens with two attached hydrogens (primary N) is 2. The predicted octanol–water partition coefficient (Wildman–Crippen LogP) is -3.48. The highest BCUT2D eigenvalue weighted by Crippen LogP contribution is 2.36. The van der Waals surface area contributed by atoms with Gasteiger partial charge in [0.25, 0.3) is 0 Å². The number of ether oxygens (including phenoxy) is 2. The van der Waals surface area contributed by atoms with E-state index < -0.39 is 125 Å². The van der Waals surface area contributed by atoms with Crippen molar-refractivity contribution in [3.05, 3.63) is 84.5 Å². The van der Waals surface area contributed by atoms with Gasteiger partial charge in [0.1, 0.15) is 60.0 Å². The highest BCUT2D eigenvalue weighted by molar-refractivity contribution is 7.88. The molecule has 0 spiro atoms. The molecule has 2 aromatic carbocycles. The Morgan fingerprint density at radius 3 is 2.02 bits per heavy atom. The van der Waals surface area contributed by atoms with Gasteiger partial charge in [0.2, 0.25) is 29.7 Å². The van der Waals surface area contributed by atoms with Crippen LogP contribution in [0.2, 0.25) is 0 Å². The largest absolute Gasteiger partial charge is 0.467 e. The summed E-state index contributed by atoms with van der Waals surface area (Å²) in [5.74, 6) is -4.14. The smallest absolute Gasteiger partial charge is 0.362 e. The quantitative estimate of drug-likeness (QED) is 0.0330. The fourth-order valence-corrected chi connectivity index (χ4v) is 9.88. The van der Waals surface area contributed by atoms with Crippen molar-refractivity contribution < 1.29 is 70.1 Å². The van der Waals surface area contributed by atoms with Crippen LogP contribution in [-0.2, 0) is 43.8 Å². The van der Waals surface area contributed by atoms with Gasteiger partial charge in [-0.25, -0.2) is 39.3 Å². The molecule has 0 radical (unpaired) electrons. The van der Waals surface area contributed by atoms with Crippen molar-refractivity contribution in [2.24, 2.45) is 0 Å². The lowest BCUT2D eigenvalue weighted by Gasteiger charge is -2.17. The van der Waals surface area contributed by atoms with Crippen molar-refractivity contribution in [3.63, 3.8) is 0 Å². The average molecular weight is 1140 g/mol. The summed E-state index contributed by atoms with van der Waals surface area (Å²) < 4.78 is 75.6. The van der Waals surface area contributed by atoms with Gasteiger partial charge < -0.3 is 41.4 Å². The van der Waals surface area contributed by atoms with Crippen molar-refractivity contribution in [1.82, 2.24) is 94.5 Å². The van der Waals surface area contributed by atoms with Crippen LogP contribution < -0.4 is 25.6 Å². The molecular weight excluding hydrogens is 1100 g/mol. The summed E-state index contributed by atoms with van der Waals surface area (Å²) in [4.78, 5) is 77.6. The lowest BCUT2D eigenvalue weighted by molar-refractivity contribution is -0.120. The molecule has 13 N–H and O–H groups in total. The Labute approximate surface area is 446 Å². The normalized spacial score (nSPS) is 20.8. The Kier molecular flexibility index (Phi) is 14.7. The Bertz CT molecular complexity index is 3950. The van der Waals surface area contributed by atoms with Gasteiger partial charge >= 0.3 is 20.5 Å². The number of tetrazole rings is 2. The van der Waals surface area contributed by atoms with E-state index in [-0.39, 0.29) is 73.7 Å². The number of imidazole rings is 2. The second-order valence-electron chi connectivity index (χ2n) is 17.4. The third-order valence-electron chi connectivity index (χ3n) is 12.3. The van der Waals surface area contributed by atoms with Crippen LogP contribution in [0.15, 0.2) is 73.4 Å². The van der Waals surface area contributed by atoms with Crippen LogP contribution in [0.5, 0.6) is 0 Å². The van der Waals surface area contributed by atoms with E-state index in [1.165, 1.54) is 39.7 Å². The number of amides is 2. The molecule has 2 amide bonds. The molecule has 0 saturated carbocycles. The molecule has 38 heteroatoms. The van der Waals surface area contributed by atoms with Gasteiger partial charge in [-0.1, -0.05) is 30.3 Å².